The maximum atomic E-state index is 11.8. The summed E-state index contributed by atoms with van der Waals surface area (Å²) in [6, 6.07) is 6.97. The summed E-state index contributed by atoms with van der Waals surface area (Å²) in [5.41, 5.74) is 0. The topological polar surface area (TPSA) is 64.1 Å². The molecule has 0 saturated carbocycles. The number of aromatic nitrogens is 2. The molecule has 2 rings (SSSR count). The van der Waals surface area contributed by atoms with Gasteiger partial charge in [0.05, 0.1) is 5.02 Å². The first-order valence-electron chi connectivity index (χ1n) is 5.93. The Hall–Kier alpha value is -1.57. The van der Waals surface area contributed by atoms with Crippen molar-refractivity contribution in [1.29, 1.82) is 0 Å². The van der Waals surface area contributed by atoms with Crippen LogP contribution >= 0.6 is 34.7 Å². The molecule has 1 amide bonds. The molecule has 0 unspecified atom stereocenters. The van der Waals surface area contributed by atoms with Gasteiger partial charge in [0, 0.05) is 5.75 Å². The number of rotatable bonds is 7. The average molecular weight is 342 g/mol. The molecule has 1 heterocycles. The lowest BCUT2D eigenvalue weighted by Crippen LogP contribution is -2.20. The van der Waals surface area contributed by atoms with Gasteiger partial charge in [-0.15, -0.1) is 16.8 Å². The van der Waals surface area contributed by atoms with E-state index in [9.17, 15) is 4.79 Å². The predicted molar refractivity (Wildman–Crippen MR) is 86.4 cm³/mol. The van der Waals surface area contributed by atoms with Crippen LogP contribution in [0, 0.1) is 0 Å². The minimum absolute atomic E-state index is 0.140. The molecule has 0 aliphatic rings. The van der Waals surface area contributed by atoms with Crippen LogP contribution in [0.25, 0.3) is 0 Å². The number of carbonyl (C=O) groups is 1. The number of hydrogen-bond acceptors (Lipinski definition) is 6. The number of halogens is 1. The number of benzene rings is 1. The normalized spacial score (nSPS) is 10.1. The van der Waals surface area contributed by atoms with Crippen LogP contribution in [0.1, 0.15) is 0 Å². The molecule has 0 atom stereocenters. The third-order valence-electron chi connectivity index (χ3n) is 2.17. The highest BCUT2D eigenvalue weighted by atomic mass is 35.5. The second kappa shape index (κ2) is 8.02. The fourth-order valence-corrected chi connectivity index (χ4v) is 3.03. The molecule has 21 heavy (non-hydrogen) atoms. The number of nitrogens with one attached hydrogen (secondary N) is 1. The van der Waals surface area contributed by atoms with Gasteiger partial charge in [0.15, 0.2) is 10.9 Å². The van der Waals surface area contributed by atoms with Crippen molar-refractivity contribution in [3.63, 3.8) is 0 Å². The molecule has 0 saturated heterocycles. The summed E-state index contributed by atoms with van der Waals surface area (Å²) in [7, 11) is 0. The van der Waals surface area contributed by atoms with Gasteiger partial charge in [-0.05, 0) is 12.1 Å². The number of nitrogens with zero attached hydrogens (tertiary/aromatic N) is 2. The first kappa shape index (κ1) is 15.8. The molecule has 8 heteroatoms. The molecule has 0 bridgehead atoms. The molecule has 0 radical (unpaired) electrons. The average Bonchev–Trinajstić information content (AvgIpc) is 2.91. The monoisotopic (exact) mass is 341 g/mol. The van der Waals surface area contributed by atoms with E-state index in [0.717, 1.165) is 10.1 Å². The van der Waals surface area contributed by atoms with E-state index in [0.29, 0.717) is 15.9 Å². The van der Waals surface area contributed by atoms with Crippen molar-refractivity contribution in [3.8, 4) is 5.75 Å². The van der Waals surface area contributed by atoms with Crippen LogP contribution in [0.4, 0.5) is 5.13 Å². The molecule has 110 valence electrons. The Balaban J connectivity index is 1.83. The SMILES string of the molecule is C=CCSc1nnc(NC(=O)COc2ccccc2Cl)s1. The van der Waals surface area contributed by atoms with Crippen molar-refractivity contribution in [2.75, 3.05) is 17.7 Å². The molecule has 1 aromatic carbocycles. The van der Waals surface area contributed by atoms with Gasteiger partial charge in [0.1, 0.15) is 5.75 Å². The summed E-state index contributed by atoms with van der Waals surface area (Å²) in [5.74, 6) is 0.901. The van der Waals surface area contributed by atoms with Crippen molar-refractivity contribution < 1.29 is 9.53 Å². The number of para-hydroxylation sites is 1. The van der Waals surface area contributed by atoms with E-state index in [1.807, 2.05) is 0 Å². The molecule has 0 aliphatic heterocycles. The van der Waals surface area contributed by atoms with E-state index in [1.54, 1.807) is 30.3 Å². The fraction of sp³-hybridized carbons (Fsp3) is 0.154. The molecule has 0 spiro atoms. The van der Waals surface area contributed by atoms with E-state index >= 15 is 0 Å². The maximum Gasteiger partial charge on any atom is 0.264 e. The Labute approximate surface area is 135 Å². The van der Waals surface area contributed by atoms with Crippen LogP contribution in [0.2, 0.25) is 5.02 Å². The number of amides is 1. The van der Waals surface area contributed by atoms with Crippen LogP contribution in [-0.4, -0.2) is 28.5 Å². The zero-order chi connectivity index (χ0) is 15.1. The summed E-state index contributed by atoms with van der Waals surface area (Å²) >= 11 is 8.74. The van der Waals surface area contributed by atoms with Crippen LogP contribution in [-0.2, 0) is 4.79 Å². The van der Waals surface area contributed by atoms with Gasteiger partial charge in [-0.3, -0.25) is 10.1 Å². The zero-order valence-electron chi connectivity index (χ0n) is 10.9. The van der Waals surface area contributed by atoms with E-state index in [1.165, 1.54) is 23.1 Å². The van der Waals surface area contributed by atoms with Gasteiger partial charge >= 0.3 is 0 Å². The number of hydrogen-bond donors (Lipinski definition) is 1. The van der Waals surface area contributed by atoms with Crippen LogP contribution in [0.5, 0.6) is 5.75 Å². The summed E-state index contributed by atoms with van der Waals surface area (Å²) < 4.78 is 6.11. The number of ether oxygens (including phenoxy) is 1. The van der Waals surface area contributed by atoms with Gasteiger partial charge in [0.25, 0.3) is 5.91 Å². The van der Waals surface area contributed by atoms with Gasteiger partial charge in [-0.1, -0.05) is 52.9 Å². The first-order chi connectivity index (χ1) is 10.2. The highest BCUT2D eigenvalue weighted by Crippen LogP contribution is 2.25. The van der Waals surface area contributed by atoms with Gasteiger partial charge in [-0.25, -0.2) is 0 Å². The lowest BCUT2D eigenvalue weighted by atomic mass is 10.3. The zero-order valence-corrected chi connectivity index (χ0v) is 13.3. The van der Waals surface area contributed by atoms with Crippen molar-refractivity contribution >= 4 is 45.7 Å². The first-order valence-corrected chi connectivity index (χ1v) is 8.11. The molecule has 1 N–H and O–H groups in total. The Bertz CT molecular complexity index is 633. The van der Waals surface area contributed by atoms with Crippen molar-refractivity contribution in [2.24, 2.45) is 0 Å². The number of carbonyl (C=O) groups excluding carboxylic acids is 1. The lowest BCUT2D eigenvalue weighted by molar-refractivity contribution is -0.118. The third kappa shape index (κ3) is 5.04. The fourth-order valence-electron chi connectivity index (χ4n) is 1.31. The molecular weight excluding hydrogens is 330 g/mol. The number of thioether (sulfide) groups is 1. The van der Waals surface area contributed by atoms with E-state index in [2.05, 4.69) is 22.1 Å². The van der Waals surface area contributed by atoms with Crippen molar-refractivity contribution in [3.05, 3.63) is 41.9 Å². The van der Waals surface area contributed by atoms with Gasteiger partial charge in [0.2, 0.25) is 5.13 Å². The lowest BCUT2D eigenvalue weighted by Gasteiger charge is -2.06. The van der Waals surface area contributed by atoms with Gasteiger partial charge < -0.3 is 4.74 Å². The predicted octanol–water partition coefficient (Wildman–Crippen LogP) is 3.49. The Morgan fingerprint density at radius 1 is 1.48 bits per heavy atom. The van der Waals surface area contributed by atoms with Crippen LogP contribution in [0.3, 0.4) is 0 Å². The van der Waals surface area contributed by atoms with E-state index in [-0.39, 0.29) is 12.5 Å². The summed E-state index contributed by atoms with van der Waals surface area (Å²) in [6.45, 7) is 3.49. The quantitative estimate of drug-likeness (QED) is 0.474. The second-order valence-electron chi connectivity index (χ2n) is 3.74. The Morgan fingerprint density at radius 3 is 3.05 bits per heavy atom. The third-order valence-corrected chi connectivity index (χ3v) is 4.45. The molecule has 0 fully saturated rings. The van der Waals surface area contributed by atoms with E-state index < -0.39 is 0 Å². The second-order valence-corrected chi connectivity index (χ2v) is 6.39. The van der Waals surface area contributed by atoms with Crippen molar-refractivity contribution in [2.45, 2.75) is 4.34 Å². The molecule has 2 aromatic rings. The highest BCUT2D eigenvalue weighted by Gasteiger charge is 2.09. The van der Waals surface area contributed by atoms with Gasteiger partial charge in [-0.2, -0.15) is 0 Å². The molecule has 0 aliphatic carbocycles. The number of anilines is 1. The highest BCUT2D eigenvalue weighted by molar-refractivity contribution is 8.01. The summed E-state index contributed by atoms with van der Waals surface area (Å²) in [6.07, 6.45) is 1.78. The minimum Gasteiger partial charge on any atom is -0.482 e. The van der Waals surface area contributed by atoms with E-state index in [4.69, 9.17) is 16.3 Å². The Kier molecular flexibility index (Phi) is 6.04. The molecule has 1 aromatic heterocycles. The maximum absolute atomic E-state index is 11.8. The summed E-state index contributed by atoms with van der Waals surface area (Å²) in [5, 5.41) is 11.4. The minimum atomic E-state index is -0.314. The largest absolute Gasteiger partial charge is 0.482 e. The van der Waals surface area contributed by atoms with Crippen LogP contribution < -0.4 is 10.1 Å². The molecular formula is C13H12ClN3O2S2. The summed E-state index contributed by atoms with van der Waals surface area (Å²) in [4.78, 5) is 11.8. The van der Waals surface area contributed by atoms with Crippen LogP contribution in [0.15, 0.2) is 41.3 Å². The van der Waals surface area contributed by atoms with Crippen molar-refractivity contribution in [1.82, 2.24) is 10.2 Å². The molecule has 5 nitrogen and oxygen atoms in total. The smallest absolute Gasteiger partial charge is 0.264 e. The Morgan fingerprint density at radius 2 is 2.29 bits per heavy atom. The standard InChI is InChI=1S/C13H12ClN3O2S2/c1-2-7-20-13-17-16-12(21-13)15-11(18)8-19-10-6-4-3-5-9(10)14/h2-6H,1,7-8H2,(H,15,16,18).